The minimum absolute atomic E-state index is 0.0915. The number of anilines is 2. The van der Waals surface area contributed by atoms with Crippen LogP contribution in [0.25, 0.3) is 0 Å². The van der Waals surface area contributed by atoms with Gasteiger partial charge in [-0.3, -0.25) is 4.79 Å². The van der Waals surface area contributed by atoms with E-state index in [1.54, 1.807) is 0 Å². The van der Waals surface area contributed by atoms with Crippen molar-refractivity contribution >= 4 is 39.7 Å². The van der Waals surface area contributed by atoms with E-state index >= 15 is 0 Å². The maximum absolute atomic E-state index is 12.3. The third kappa shape index (κ3) is 4.19. The number of rotatable bonds is 5. The quantitative estimate of drug-likeness (QED) is 0.865. The van der Waals surface area contributed by atoms with Crippen molar-refractivity contribution in [2.45, 2.75) is 33.2 Å². The third-order valence-corrected chi connectivity index (χ3v) is 4.21. The molecule has 0 saturated carbocycles. The van der Waals surface area contributed by atoms with Crippen LogP contribution >= 0.6 is 22.9 Å². The summed E-state index contributed by atoms with van der Waals surface area (Å²) in [5, 5.41) is 9.27. The van der Waals surface area contributed by atoms with Crippen molar-refractivity contribution in [1.29, 1.82) is 0 Å². The monoisotopic (exact) mass is 323 g/mol. The maximum atomic E-state index is 12.3. The Labute approximate surface area is 133 Å². The summed E-state index contributed by atoms with van der Waals surface area (Å²) in [5.41, 5.74) is 2.83. The molecule has 0 aliphatic rings. The number of carbonyl (C=O) groups excluding carboxylic acids is 1. The van der Waals surface area contributed by atoms with E-state index in [0.29, 0.717) is 16.6 Å². The topological polar surface area (TPSA) is 54.0 Å². The van der Waals surface area contributed by atoms with Crippen molar-refractivity contribution < 1.29 is 4.79 Å². The number of nitrogens with one attached hydrogen (secondary N) is 2. The number of nitrogens with zero attached hydrogens (tertiary/aromatic N) is 1. The second kappa shape index (κ2) is 6.91. The molecule has 0 saturated heterocycles. The Morgan fingerprint density at radius 2 is 2.19 bits per heavy atom. The molecule has 0 bridgehead atoms. The van der Waals surface area contributed by atoms with Gasteiger partial charge in [0.15, 0.2) is 5.13 Å². The molecular formula is C15H18ClN3OS. The van der Waals surface area contributed by atoms with Gasteiger partial charge in [-0.15, -0.1) is 11.3 Å². The Balaban J connectivity index is 2.08. The van der Waals surface area contributed by atoms with Crippen molar-refractivity contribution in [3.63, 3.8) is 0 Å². The van der Waals surface area contributed by atoms with Crippen LogP contribution in [0.2, 0.25) is 5.02 Å². The Hall–Kier alpha value is -1.59. The van der Waals surface area contributed by atoms with Gasteiger partial charge in [0.1, 0.15) is 6.04 Å². The Morgan fingerprint density at radius 3 is 2.81 bits per heavy atom. The molecule has 2 N–H and O–H groups in total. The minimum atomic E-state index is -0.327. The molecule has 2 aromatic rings. The van der Waals surface area contributed by atoms with Crippen LogP contribution in [0, 0.1) is 13.8 Å². The van der Waals surface area contributed by atoms with Crippen molar-refractivity contribution in [1.82, 2.24) is 4.98 Å². The van der Waals surface area contributed by atoms with Crippen LogP contribution in [-0.4, -0.2) is 16.9 Å². The second-order valence-corrected chi connectivity index (χ2v) is 6.14. The zero-order valence-corrected chi connectivity index (χ0v) is 13.8. The Kier molecular flexibility index (Phi) is 5.20. The van der Waals surface area contributed by atoms with Crippen LogP contribution in [0.3, 0.4) is 0 Å². The van der Waals surface area contributed by atoms with Gasteiger partial charge in [0.05, 0.1) is 5.69 Å². The van der Waals surface area contributed by atoms with Crippen LogP contribution in [0.5, 0.6) is 0 Å². The van der Waals surface area contributed by atoms with E-state index < -0.39 is 0 Å². The van der Waals surface area contributed by atoms with Gasteiger partial charge in [-0.05, 0) is 38.0 Å². The molecule has 0 aliphatic heterocycles. The standard InChI is InChI=1S/C15H18ClN3OS/c1-4-12(14(20)19-15-17-10(3)8-21-15)18-13-7-11(16)6-5-9(13)2/h5-8,12,18H,4H2,1-3H3,(H,17,19,20)/t12-/m1/s1. The first kappa shape index (κ1) is 15.8. The fraction of sp³-hybridized carbons (Fsp3) is 0.333. The minimum Gasteiger partial charge on any atom is -0.373 e. The van der Waals surface area contributed by atoms with Crippen molar-refractivity contribution in [2.75, 3.05) is 10.6 Å². The number of hydrogen-bond acceptors (Lipinski definition) is 4. The fourth-order valence-electron chi connectivity index (χ4n) is 1.89. The van der Waals surface area contributed by atoms with Crippen LogP contribution < -0.4 is 10.6 Å². The lowest BCUT2D eigenvalue weighted by Gasteiger charge is -2.18. The fourth-order valence-corrected chi connectivity index (χ4v) is 2.76. The van der Waals surface area contributed by atoms with E-state index in [1.165, 1.54) is 11.3 Å². The molecule has 112 valence electrons. The second-order valence-electron chi connectivity index (χ2n) is 4.85. The molecule has 1 atom stereocenters. The van der Waals surface area contributed by atoms with E-state index in [1.807, 2.05) is 44.4 Å². The molecule has 0 radical (unpaired) electrons. The largest absolute Gasteiger partial charge is 0.373 e. The number of amides is 1. The van der Waals surface area contributed by atoms with Crippen molar-refractivity contribution in [3.8, 4) is 0 Å². The molecule has 6 heteroatoms. The number of aromatic nitrogens is 1. The smallest absolute Gasteiger partial charge is 0.248 e. The van der Waals surface area contributed by atoms with Crippen LogP contribution in [0.15, 0.2) is 23.6 Å². The first-order valence-electron chi connectivity index (χ1n) is 6.75. The van der Waals surface area contributed by atoms with Gasteiger partial charge in [0.2, 0.25) is 5.91 Å². The van der Waals surface area contributed by atoms with Gasteiger partial charge >= 0.3 is 0 Å². The highest BCUT2D eigenvalue weighted by molar-refractivity contribution is 7.13. The summed E-state index contributed by atoms with van der Waals surface area (Å²) >= 11 is 7.43. The number of aryl methyl sites for hydroxylation is 2. The molecule has 0 unspecified atom stereocenters. The summed E-state index contributed by atoms with van der Waals surface area (Å²) in [5.74, 6) is -0.0915. The van der Waals surface area contributed by atoms with Crippen LogP contribution in [0.4, 0.5) is 10.8 Å². The lowest BCUT2D eigenvalue weighted by molar-refractivity contribution is -0.116. The molecule has 0 fully saturated rings. The van der Waals surface area contributed by atoms with Crippen LogP contribution in [-0.2, 0) is 4.79 Å². The highest BCUT2D eigenvalue weighted by Crippen LogP contribution is 2.22. The highest BCUT2D eigenvalue weighted by atomic mass is 35.5. The van der Waals surface area contributed by atoms with Gasteiger partial charge in [-0.25, -0.2) is 4.98 Å². The van der Waals surface area contributed by atoms with Crippen molar-refractivity contribution in [3.05, 3.63) is 39.9 Å². The zero-order valence-electron chi connectivity index (χ0n) is 12.2. The normalized spacial score (nSPS) is 12.0. The molecule has 0 spiro atoms. The van der Waals surface area contributed by atoms with Gasteiger partial charge < -0.3 is 10.6 Å². The predicted octanol–water partition coefficient (Wildman–Crippen LogP) is 4.24. The summed E-state index contributed by atoms with van der Waals surface area (Å²) in [4.78, 5) is 16.6. The Bertz CT molecular complexity index is 642. The first-order chi connectivity index (χ1) is 9.99. The first-order valence-corrected chi connectivity index (χ1v) is 8.01. The average Bonchev–Trinajstić information content (AvgIpc) is 2.84. The number of hydrogen-bond donors (Lipinski definition) is 2. The highest BCUT2D eigenvalue weighted by Gasteiger charge is 2.18. The lowest BCUT2D eigenvalue weighted by atomic mass is 10.1. The van der Waals surface area contributed by atoms with Crippen molar-refractivity contribution in [2.24, 2.45) is 0 Å². The summed E-state index contributed by atoms with van der Waals surface area (Å²) in [7, 11) is 0. The van der Waals surface area contributed by atoms with Gasteiger partial charge in [-0.2, -0.15) is 0 Å². The summed E-state index contributed by atoms with van der Waals surface area (Å²) in [6.07, 6.45) is 0.669. The molecule has 21 heavy (non-hydrogen) atoms. The molecular weight excluding hydrogens is 306 g/mol. The number of carbonyl (C=O) groups is 1. The molecule has 1 aromatic carbocycles. The third-order valence-electron chi connectivity index (χ3n) is 3.10. The number of thiazole rings is 1. The summed E-state index contributed by atoms with van der Waals surface area (Å²) < 4.78 is 0. The predicted molar refractivity (Wildman–Crippen MR) is 89.4 cm³/mol. The van der Waals surface area contributed by atoms with Gasteiger partial charge in [0.25, 0.3) is 0 Å². The average molecular weight is 324 g/mol. The van der Waals surface area contributed by atoms with Gasteiger partial charge in [-0.1, -0.05) is 24.6 Å². The Morgan fingerprint density at radius 1 is 1.43 bits per heavy atom. The lowest BCUT2D eigenvalue weighted by Crippen LogP contribution is -2.34. The molecule has 1 amide bonds. The molecule has 2 rings (SSSR count). The number of benzene rings is 1. The molecule has 1 aromatic heterocycles. The van der Waals surface area contributed by atoms with E-state index in [2.05, 4.69) is 15.6 Å². The summed E-state index contributed by atoms with van der Waals surface area (Å²) in [6.45, 7) is 5.84. The molecule has 1 heterocycles. The van der Waals surface area contributed by atoms with E-state index in [-0.39, 0.29) is 11.9 Å². The van der Waals surface area contributed by atoms with Crippen LogP contribution in [0.1, 0.15) is 24.6 Å². The summed E-state index contributed by atoms with van der Waals surface area (Å²) in [6, 6.07) is 5.27. The SMILES string of the molecule is CC[C@@H](Nc1cc(Cl)ccc1C)C(=O)Nc1nc(C)cs1. The van der Waals surface area contributed by atoms with E-state index in [9.17, 15) is 4.79 Å². The maximum Gasteiger partial charge on any atom is 0.248 e. The van der Waals surface area contributed by atoms with Gasteiger partial charge in [0, 0.05) is 16.1 Å². The molecule has 0 aliphatic carbocycles. The number of halogens is 1. The van der Waals surface area contributed by atoms with E-state index in [4.69, 9.17) is 11.6 Å². The molecule has 4 nitrogen and oxygen atoms in total. The van der Waals surface area contributed by atoms with E-state index in [0.717, 1.165) is 16.9 Å². The zero-order chi connectivity index (χ0) is 15.4.